The molecule has 1 heterocycles. The largest absolute Gasteiger partial charge is 0.423 e. The van der Waals surface area contributed by atoms with E-state index >= 15 is 0 Å². The molecule has 0 saturated heterocycles. The van der Waals surface area contributed by atoms with Gasteiger partial charge in [-0.05, 0) is 24.3 Å². The van der Waals surface area contributed by atoms with Crippen LogP contribution < -0.4 is 0 Å². The molecule has 2 aromatic rings. The van der Waals surface area contributed by atoms with Crippen LogP contribution in [0.1, 0.15) is 5.56 Å². The zero-order chi connectivity index (χ0) is 10.9. The smallest absolute Gasteiger partial charge is 0.416 e. The van der Waals surface area contributed by atoms with Gasteiger partial charge in [0.2, 0.25) is 12.3 Å². The lowest BCUT2D eigenvalue weighted by molar-refractivity contribution is -0.137. The first-order valence-electron chi connectivity index (χ1n) is 4.01. The van der Waals surface area contributed by atoms with Gasteiger partial charge in [0.25, 0.3) is 0 Å². The summed E-state index contributed by atoms with van der Waals surface area (Å²) in [5, 5.41) is 7.01. The third kappa shape index (κ3) is 1.98. The summed E-state index contributed by atoms with van der Waals surface area (Å²) < 4.78 is 41.5. The highest BCUT2D eigenvalue weighted by molar-refractivity contribution is 5.52. The van der Waals surface area contributed by atoms with Gasteiger partial charge in [0.05, 0.1) is 5.56 Å². The van der Waals surface area contributed by atoms with Crippen molar-refractivity contribution in [3.63, 3.8) is 0 Å². The average molecular weight is 214 g/mol. The molecule has 78 valence electrons. The average Bonchev–Trinajstić information content (AvgIpc) is 2.69. The molecular weight excluding hydrogens is 209 g/mol. The zero-order valence-corrected chi connectivity index (χ0v) is 7.32. The van der Waals surface area contributed by atoms with Gasteiger partial charge in [-0.25, -0.2) is 0 Å². The molecule has 0 saturated carbocycles. The first-order chi connectivity index (χ1) is 7.07. The molecule has 0 bridgehead atoms. The van der Waals surface area contributed by atoms with Crippen molar-refractivity contribution >= 4 is 0 Å². The van der Waals surface area contributed by atoms with E-state index in [4.69, 9.17) is 4.42 Å². The normalized spacial score (nSPS) is 11.7. The molecule has 0 aliphatic rings. The number of benzene rings is 1. The van der Waals surface area contributed by atoms with E-state index in [1.165, 1.54) is 12.1 Å². The van der Waals surface area contributed by atoms with Gasteiger partial charge < -0.3 is 4.42 Å². The number of hydrogen-bond acceptors (Lipinski definition) is 3. The Balaban J connectivity index is 2.33. The van der Waals surface area contributed by atoms with Gasteiger partial charge in [0.15, 0.2) is 0 Å². The van der Waals surface area contributed by atoms with Gasteiger partial charge in [0, 0.05) is 5.56 Å². The fourth-order valence-electron chi connectivity index (χ4n) is 1.10. The molecule has 0 amide bonds. The van der Waals surface area contributed by atoms with E-state index in [0.717, 1.165) is 18.5 Å². The Bertz CT molecular complexity index is 433. The molecule has 2 rings (SSSR count). The van der Waals surface area contributed by atoms with Gasteiger partial charge in [-0.1, -0.05) is 0 Å². The molecular formula is C9H5F3N2O. The lowest BCUT2D eigenvalue weighted by atomic mass is 10.1. The van der Waals surface area contributed by atoms with E-state index in [9.17, 15) is 13.2 Å². The maximum Gasteiger partial charge on any atom is 0.416 e. The highest BCUT2D eigenvalue weighted by Gasteiger charge is 2.30. The van der Waals surface area contributed by atoms with Crippen molar-refractivity contribution in [3.05, 3.63) is 36.2 Å². The third-order valence-electron chi connectivity index (χ3n) is 1.82. The van der Waals surface area contributed by atoms with E-state index in [0.29, 0.717) is 5.56 Å². The molecule has 0 atom stereocenters. The van der Waals surface area contributed by atoms with Crippen LogP contribution in [0, 0.1) is 0 Å². The quantitative estimate of drug-likeness (QED) is 0.732. The van der Waals surface area contributed by atoms with Crippen LogP contribution in [0.15, 0.2) is 35.1 Å². The number of alkyl halides is 3. The standard InChI is InChI=1S/C9H5F3N2O/c10-9(11,12)7-3-1-6(2-4-7)8-14-13-5-15-8/h1-5H. The predicted molar refractivity (Wildman–Crippen MR) is 44.7 cm³/mol. The predicted octanol–water partition coefficient (Wildman–Crippen LogP) is 2.76. The van der Waals surface area contributed by atoms with Crippen molar-refractivity contribution in [2.75, 3.05) is 0 Å². The van der Waals surface area contributed by atoms with E-state index < -0.39 is 11.7 Å². The van der Waals surface area contributed by atoms with Crippen LogP contribution in [0.25, 0.3) is 11.5 Å². The van der Waals surface area contributed by atoms with Crippen molar-refractivity contribution in [2.24, 2.45) is 0 Å². The summed E-state index contributed by atoms with van der Waals surface area (Å²) in [5.41, 5.74) is -0.244. The second-order valence-electron chi connectivity index (χ2n) is 2.82. The van der Waals surface area contributed by atoms with Gasteiger partial charge >= 0.3 is 6.18 Å². The summed E-state index contributed by atoms with van der Waals surface area (Å²) in [5.74, 6) is 0.198. The Hall–Kier alpha value is -1.85. The molecule has 1 aromatic carbocycles. The Kier molecular flexibility index (Phi) is 2.18. The fraction of sp³-hybridized carbons (Fsp3) is 0.111. The Labute approximate surface area is 82.6 Å². The van der Waals surface area contributed by atoms with Gasteiger partial charge in [-0.15, -0.1) is 10.2 Å². The lowest BCUT2D eigenvalue weighted by Gasteiger charge is -2.05. The van der Waals surface area contributed by atoms with Crippen molar-refractivity contribution in [1.29, 1.82) is 0 Å². The number of nitrogens with zero attached hydrogens (tertiary/aromatic N) is 2. The molecule has 6 heteroatoms. The van der Waals surface area contributed by atoms with Gasteiger partial charge in [-0.3, -0.25) is 0 Å². The summed E-state index contributed by atoms with van der Waals surface area (Å²) in [6.45, 7) is 0. The van der Waals surface area contributed by atoms with Crippen LogP contribution in [0.4, 0.5) is 13.2 Å². The highest BCUT2D eigenvalue weighted by Crippen LogP contribution is 2.30. The Morgan fingerprint density at radius 2 is 1.73 bits per heavy atom. The van der Waals surface area contributed by atoms with E-state index in [1.807, 2.05) is 0 Å². The molecule has 0 spiro atoms. The Morgan fingerprint density at radius 1 is 1.07 bits per heavy atom. The van der Waals surface area contributed by atoms with Gasteiger partial charge in [-0.2, -0.15) is 13.2 Å². The molecule has 0 aliphatic heterocycles. The monoisotopic (exact) mass is 214 g/mol. The fourth-order valence-corrected chi connectivity index (χ4v) is 1.10. The van der Waals surface area contributed by atoms with Crippen molar-refractivity contribution in [2.45, 2.75) is 6.18 Å². The Morgan fingerprint density at radius 3 is 2.20 bits per heavy atom. The number of aromatic nitrogens is 2. The number of hydrogen-bond donors (Lipinski definition) is 0. The first-order valence-corrected chi connectivity index (χ1v) is 4.01. The minimum atomic E-state index is -4.33. The lowest BCUT2D eigenvalue weighted by Crippen LogP contribution is -2.03. The minimum absolute atomic E-state index is 0.198. The van der Waals surface area contributed by atoms with E-state index in [-0.39, 0.29) is 5.89 Å². The molecule has 3 nitrogen and oxygen atoms in total. The summed E-state index contributed by atoms with van der Waals surface area (Å²) in [6, 6.07) is 4.52. The van der Waals surface area contributed by atoms with Crippen molar-refractivity contribution in [1.82, 2.24) is 10.2 Å². The van der Waals surface area contributed by atoms with Crippen LogP contribution in [-0.4, -0.2) is 10.2 Å². The minimum Gasteiger partial charge on any atom is -0.423 e. The highest BCUT2D eigenvalue weighted by atomic mass is 19.4. The summed E-state index contributed by atoms with van der Waals surface area (Å²) in [7, 11) is 0. The maximum absolute atomic E-state index is 12.2. The maximum atomic E-state index is 12.2. The molecule has 0 aliphatic carbocycles. The molecule has 0 fully saturated rings. The third-order valence-corrected chi connectivity index (χ3v) is 1.82. The van der Waals surface area contributed by atoms with E-state index in [2.05, 4.69) is 10.2 Å². The molecule has 0 unspecified atom stereocenters. The van der Waals surface area contributed by atoms with Crippen molar-refractivity contribution < 1.29 is 17.6 Å². The van der Waals surface area contributed by atoms with Gasteiger partial charge in [0.1, 0.15) is 0 Å². The van der Waals surface area contributed by atoms with Crippen molar-refractivity contribution in [3.8, 4) is 11.5 Å². The van der Waals surface area contributed by atoms with Crippen LogP contribution >= 0.6 is 0 Å². The molecule has 0 radical (unpaired) electrons. The van der Waals surface area contributed by atoms with Crippen LogP contribution in [0.2, 0.25) is 0 Å². The summed E-state index contributed by atoms with van der Waals surface area (Å²) >= 11 is 0. The summed E-state index contributed by atoms with van der Waals surface area (Å²) in [6.07, 6.45) is -3.21. The molecule has 0 N–H and O–H groups in total. The molecule has 15 heavy (non-hydrogen) atoms. The second-order valence-corrected chi connectivity index (χ2v) is 2.82. The first kappa shape index (κ1) is 9.70. The summed E-state index contributed by atoms with van der Waals surface area (Å²) in [4.78, 5) is 0. The van der Waals surface area contributed by atoms with Crippen LogP contribution in [0.5, 0.6) is 0 Å². The zero-order valence-electron chi connectivity index (χ0n) is 7.32. The van der Waals surface area contributed by atoms with E-state index in [1.54, 1.807) is 0 Å². The SMILES string of the molecule is FC(F)(F)c1ccc(-c2nnco2)cc1. The molecule has 1 aromatic heterocycles. The number of rotatable bonds is 1. The second kappa shape index (κ2) is 3.38. The number of halogens is 3. The van der Waals surface area contributed by atoms with Crippen LogP contribution in [0.3, 0.4) is 0 Å². The topological polar surface area (TPSA) is 38.9 Å². The van der Waals surface area contributed by atoms with Crippen LogP contribution in [-0.2, 0) is 6.18 Å².